The van der Waals surface area contributed by atoms with Crippen molar-refractivity contribution < 1.29 is 4.39 Å². The van der Waals surface area contributed by atoms with Gasteiger partial charge in [-0.15, -0.1) is 11.3 Å². The van der Waals surface area contributed by atoms with Crippen LogP contribution in [0.4, 0.5) is 4.39 Å². The maximum absolute atomic E-state index is 14.3. The van der Waals surface area contributed by atoms with E-state index in [0.29, 0.717) is 32.0 Å². The lowest BCUT2D eigenvalue weighted by atomic mass is 9.76. The molecule has 29 heavy (non-hydrogen) atoms. The molecule has 0 aliphatic carbocycles. The molecule has 1 aliphatic rings. The number of thiophene rings is 1. The summed E-state index contributed by atoms with van der Waals surface area (Å²) in [7, 11) is 0. The second-order valence-corrected chi connectivity index (χ2v) is 10.0. The number of unbranched alkanes of at least 4 members (excludes halogenated alkanes) is 1. The van der Waals surface area contributed by atoms with Crippen molar-refractivity contribution in [2.75, 3.05) is 26.2 Å². The highest BCUT2D eigenvalue weighted by atomic mass is 32.1. The molecular formula is C24H38FN3S. The average molecular weight is 420 g/mol. The second kappa shape index (κ2) is 11.1. The summed E-state index contributed by atoms with van der Waals surface area (Å²) in [5.41, 5.74) is 9.23. The van der Waals surface area contributed by atoms with Gasteiger partial charge in [0.05, 0.1) is 4.88 Å². The Morgan fingerprint density at radius 1 is 1.41 bits per heavy atom. The Kier molecular flexibility index (Phi) is 9.12. The lowest BCUT2D eigenvalue weighted by Gasteiger charge is -2.41. The van der Waals surface area contributed by atoms with E-state index in [9.17, 15) is 4.39 Å². The van der Waals surface area contributed by atoms with E-state index in [2.05, 4.69) is 68.1 Å². The van der Waals surface area contributed by atoms with Crippen molar-refractivity contribution >= 4 is 23.1 Å². The first kappa shape index (κ1) is 23.8. The van der Waals surface area contributed by atoms with Gasteiger partial charge < -0.3 is 11.1 Å². The van der Waals surface area contributed by atoms with Crippen molar-refractivity contribution in [3.8, 4) is 0 Å². The minimum atomic E-state index is -0.765. The first-order valence-corrected chi connectivity index (χ1v) is 11.6. The Bertz CT molecular complexity index is 714. The van der Waals surface area contributed by atoms with Gasteiger partial charge in [0.15, 0.2) is 0 Å². The molecule has 2 atom stereocenters. The molecule has 5 heteroatoms. The summed E-state index contributed by atoms with van der Waals surface area (Å²) in [5, 5.41) is 5.42. The van der Waals surface area contributed by atoms with Crippen LogP contribution >= 0.6 is 11.3 Å². The molecular weight excluding hydrogens is 381 g/mol. The van der Waals surface area contributed by atoms with E-state index in [1.807, 2.05) is 6.20 Å². The summed E-state index contributed by atoms with van der Waals surface area (Å²) in [6.45, 7) is 15.5. The van der Waals surface area contributed by atoms with Crippen molar-refractivity contribution in [3.63, 3.8) is 0 Å². The summed E-state index contributed by atoms with van der Waals surface area (Å²) in [6.07, 6.45) is 8.43. The minimum absolute atomic E-state index is 0.114. The highest BCUT2D eigenvalue weighted by molar-refractivity contribution is 7.11. The number of halogens is 1. The van der Waals surface area contributed by atoms with Crippen LogP contribution in [0.2, 0.25) is 0 Å². The molecule has 1 aliphatic heterocycles. The maximum atomic E-state index is 14.3. The number of nitrogens with two attached hydrogens (primary N) is 1. The second-order valence-electron chi connectivity index (χ2n) is 9.12. The molecule has 1 aromatic heterocycles. The zero-order valence-corrected chi connectivity index (χ0v) is 19.3. The molecule has 2 unspecified atom stereocenters. The summed E-state index contributed by atoms with van der Waals surface area (Å²) >= 11 is 1.68. The van der Waals surface area contributed by atoms with Gasteiger partial charge in [0, 0.05) is 38.1 Å². The maximum Gasteiger partial charge on any atom is 0.113 e. The van der Waals surface area contributed by atoms with Gasteiger partial charge in [-0.3, -0.25) is 4.90 Å². The predicted octanol–water partition coefficient (Wildman–Crippen LogP) is 5.67. The molecule has 0 radical (unpaired) electrons. The van der Waals surface area contributed by atoms with Gasteiger partial charge in [-0.05, 0) is 46.8 Å². The third kappa shape index (κ3) is 7.40. The molecule has 0 bridgehead atoms. The van der Waals surface area contributed by atoms with Crippen LogP contribution in [-0.2, 0) is 0 Å². The van der Waals surface area contributed by atoms with Gasteiger partial charge >= 0.3 is 0 Å². The Balaban J connectivity index is 2.00. The molecule has 1 fully saturated rings. The van der Waals surface area contributed by atoms with Gasteiger partial charge in [0.2, 0.25) is 0 Å². The number of nitrogens with one attached hydrogen (secondary N) is 1. The van der Waals surface area contributed by atoms with Crippen molar-refractivity contribution in [1.29, 1.82) is 0 Å². The van der Waals surface area contributed by atoms with E-state index < -0.39 is 6.17 Å². The fraction of sp³-hybridized carbons (Fsp3) is 0.583. The van der Waals surface area contributed by atoms with Crippen molar-refractivity contribution in [1.82, 2.24) is 10.2 Å². The van der Waals surface area contributed by atoms with Gasteiger partial charge in [-0.25, -0.2) is 4.39 Å². The quantitative estimate of drug-likeness (QED) is 0.542. The smallest absolute Gasteiger partial charge is 0.113 e. The van der Waals surface area contributed by atoms with Crippen LogP contribution in [-0.4, -0.2) is 37.3 Å². The molecule has 3 N–H and O–H groups in total. The predicted molar refractivity (Wildman–Crippen MR) is 126 cm³/mol. The first-order valence-electron chi connectivity index (χ1n) is 10.7. The molecule has 1 aromatic rings. The summed E-state index contributed by atoms with van der Waals surface area (Å²) in [6, 6.07) is 2.12. The van der Waals surface area contributed by atoms with Gasteiger partial charge in [-0.1, -0.05) is 52.8 Å². The number of alkyl halides is 1. The minimum Gasteiger partial charge on any atom is -0.361 e. The molecule has 3 nitrogen and oxygen atoms in total. The van der Waals surface area contributed by atoms with Gasteiger partial charge in [0.1, 0.15) is 6.17 Å². The van der Waals surface area contributed by atoms with Crippen molar-refractivity contribution in [2.45, 2.75) is 53.1 Å². The molecule has 0 amide bonds. The Morgan fingerprint density at radius 2 is 2.17 bits per heavy atom. The standard InChI is InChI=1S/C24H38FN3S/c1-6-7-8-9-20-10-11-29-23(20)18(2)27-14-19(13-26)15-28-16-21(24(3,4)5)12-22(25)17-28/h8-11,14,21-22,27H,2,6-7,12-13,15-17,26H2,1,3-5H3/b9-8-,19-14+. The summed E-state index contributed by atoms with van der Waals surface area (Å²) in [4.78, 5) is 3.34. The molecule has 2 heterocycles. The molecule has 0 aromatic carbocycles. The number of hydrogen-bond acceptors (Lipinski definition) is 4. The number of piperidine rings is 1. The number of rotatable bonds is 9. The highest BCUT2D eigenvalue weighted by Crippen LogP contribution is 2.34. The van der Waals surface area contributed by atoms with Crippen LogP contribution in [0.25, 0.3) is 11.8 Å². The van der Waals surface area contributed by atoms with Crippen LogP contribution in [0.3, 0.4) is 0 Å². The third-order valence-electron chi connectivity index (χ3n) is 5.56. The Morgan fingerprint density at radius 3 is 2.83 bits per heavy atom. The lowest BCUT2D eigenvalue weighted by molar-refractivity contribution is 0.0500. The fourth-order valence-corrected chi connectivity index (χ4v) is 4.49. The van der Waals surface area contributed by atoms with Gasteiger partial charge in [0.25, 0.3) is 0 Å². The van der Waals surface area contributed by atoms with E-state index >= 15 is 0 Å². The Labute approximate surface area is 180 Å². The number of likely N-dealkylation sites (tertiary alicyclic amines) is 1. The van der Waals surface area contributed by atoms with E-state index in [-0.39, 0.29) is 5.41 Å². The molecule has 0 saturated carbocycles. The van der Waals surface area contributed by atoms with Crippen molar-refractivity contribution in [3.05, 3.63) is 46.3 Å². The molecule has 2 rings (SSSR count). The average Bonchev–Trinajstić information content (AvgIpc) is 3.12. The molecule has 1 saturated heterocycles. The van der Waals surface area contributed by atoms with E-state index in [1.165, 1.54) is 5.56 Å². The summed E-state index contributed by atoms with van der Waals surface area (Å²) < 4.78 is 14.3. The summed E-state index contributed by atoms with van der Waals surface area (Å²) in [5.74, 6) is 0.358. The van der Waals surface area contributed by atoms with Gasteiger partial charge in [-0.2, -0.15) is 0 Å². The zero-order valence-electron chi connectivity index (χ0n) is 18.5. The first-order chi connectivity index (χ1) is 13.7. The fourth-order valence-electron chi connectivity index (χ4n) is 3.66. The van der Waals surface area contributed by atoms with E-state index in [1.54, 1.807) is 11.3 Å². The monoisotopic (exact) mass is 419 g/mol. The van der Waals surface area contributed by atoms with Crippen LogP contribution in [0.5, 0.6) is 0 Å². The normalized spacial score (nSPS) is 21.7. The molecule has 0 spiro atoms. The molecule has 162 valence electrons. The number of allylic oxidation sites excluding steroid dienone is 1. The Hall–Kier alpha value is -1.43. The van der Waals surface area contributed by atoms with Crippen molar-refractivity contribution in [2.24, 2.45) is 17.1 Å². The SMILES string of the molecule is C=C(N/C=C(\CN)CN1CC(F)CC(C(C)(C)C)C1)c1sccc1/C=C\CCC. The van der Waals surface area contributed by atoms with E-state index in [4.69, 9.17) is 5.73 Å². The van der Waals surface area contributed by atoms with Crippen LogP contribution in [0, 0.1) is 11.3 Å². The van der Waals surface area contributed by atoms with E-state index in [0.717, 1.165) is 35.5 Å². The topological polar surface area (TPSA) is 41.3 Å². The largest absolute Gasteiger partial charge is 0.361 e. The zero-order chi connectivity index (χ0) is 21.4. The third-order valence-corrected chi connectivity index (χ3v) is 6.55. The number of nitrogens with zero attached hydrogens (tertiary/aromatic N) is 1. The van der Waals surface area contributed by atoms with Crippen LogP contribution < -0.4 is 11.1 Å². The lowest BCUT2D eigenvalue weighted by Crippen LogP contribution is -2.46. The van der Waals surface area contributed by atoms with Crippen LogP contribution in [0.15, 0.2) is 35.9 Å². The highest BCUT2D eigenvalue weighted by Gasteiger charge is 2.34. The van der Waals surface area contributed by atoms with Crippen LogP contribution in [0.1, 0.15) is 57.4 Å². The number of hydrogen-bond donors (Lipinski definition) is 2.